The minimum atomic E-state index is 0.623. The summed E-state index contributed by atoms with van der Waals surface area (Å²) in [6.07, 6.45) is 0. The van der Waals surface area contributed by atoms with Crippen molar-refractivity contribution in [2.75, 3.05) is 13.1 Å². The van der Waals surface area contributed by atoms with E-state index in [1.807, 2.05) is 0 Å². The molecule has 0 aromatic heterocycles. The van der Waals surface area contributed by atoms with Gasteiger partial charge in [0, 0.05) is 31.7 Å². The first kappa shape index (κ1) is 12.6. The molecular formula is C15H24N2. The minimum absolute atomic E-state index is 0.623. The Labute approximate surface area is 105 Å². The molecule has 0 bridgehead atoms. The summed E-state index contributed by atoms with van der Waals surface area (Å²) in [4.78, 5) is 2.62. The second kappa shape index (κ2) is 5.19. The van der Waals surface area contributed by atoms with Gasteiger partial charge in [0.2, 0.25) is 0 Å². The highest BCUT2D eigenvalue weighted by Crippen LogP contribution is 2.20. The van der Waals surface area contributed by atoms with Crippen LogP contribution in [0.2, 0.25) is 0 Å². The number of nitrogens with one attached hydrogen (secondary N) is 1. The third-order valence-electron chi connectivity index (χ3n) is 4.00. The highest BCUT2D eigenvalue weighted by molar-refractivity contribution is 5.33. The molecule has 1 aromatic carbocycles. The van der Waals surface area contributed by atoms with E-state index in [9.17, 15) is 0 Å². The van der Waals surface area contributed by atoms with Gasteiger partial charge in [-0.2, -0.15) is 0 Å². The summed E-state index contributed by atoms with van der Waals surface area (Å²) in [7, 11) is 0. The Morgan fingerprint density at radius 2 is 1.65 bits per heavy atom. The predicted molar refractivity (Wildman–Crippen MR) is 73.3 cm³/mol. The lowest BCUT2D eigenvalue weighted by molar-refractivity contribution is 0.108. The largest absolute Gasteiger partial charge is 0.314 e. The monoisotopic (exact) mass is 232 g/mol. The van der Waals surface area contributed by atoms with E-state index in [0.717, 1.165) is 19.6 Å². The zero-order chi connectivity index (χ0) is 12.4. The zero-order valence-corrected chi connectivity index (χ0v) is 11.5. The fraction of sp³-hybridized carbons (Fsp3) is 0.600. The molecule has 0 radical (unpaired) electrons. The summed E-state index contributed by atoms with van der Waals surface area (Å²) in [5, 5.41) is 3.49. The molecule has 94 valence electrons. The number of hydrogen-bond donors (Lipinski definition) is 1. The van der Waals surface area contributed by atoms with Crippen LogP contribution in [0.4, 0.5) is 0 Å². The molecule has 1 aliphatic heterocycles. The van der Waals surface area contributed by atoms with E-state index in [1.54, 1.807) is 0 Å². The van der Waals surface area contributed by atoms with Crippen LogP contribution in [0.3, 0.4) is 0 Å². The Morgan fingerprint density at radius 1 is 1.12 bits per heavy atom. The Kier molecular flexibility index (Phi) is 3.85. The molecule has 2 nitrogen and oxygen atoms in total. The van der Waals surface area contributed by atoms with Gasteiger partial charge in [0.25, 0.3) is 0 Å². The van der Waals surface area contributed by atoms with E-state index >= 15 is 0 Å². The first-order valence-corrected chi connectivity index (χ1v) is 6.61. The fourth-order valence-electron chi connectivity index (χ4n) is 2.76. The molecule has 1 aromatic rings. The van der Waals surface area contributed by atoms with Crippen LogP contribution in [0.5, 0.6) is 0 Å². The number of hydrogen-bond acceptors (Lipinski definition) is 2. The highest BCUT2D eigenvalue weighted by atomic mass is 15.2. The summed E-state index contributed by atoms with van der Waals surface area (Å²) in [5.74, 6) is 0. The Morgan fingerprint density at radius 3 is 2.18 bits per heavy atom. The summed E-state index contributed by atoms with van der Waals surface area (Å²) < 4.78 is 0. The van der Waals surface area contributed by atoms with Gasteiger partial charge in [-0.15, -0.1) is 0 Å². The van der Waals surface area contributed by atoms with Gasteiger partial charge in [0.15, 0.2) is 0 Å². The van der Waals surface area contributed by atoms with Gasteiger partial charge in [-0.3, -0.25) is 4.90 Å². The molecule has 2 rings (SSSR count). The molecule has 17 heavy (non-hydrogen) atoms. The summed E-state index contributed by atoms with van der Waals surface area (Å²) in [5.41, 5.74) is 4.35. The van der Waals surface area contributed by atoms with Gasteiger partial charge in [-0.05, 0) is 44.4 Å². The summed E-state index contributed by atoms with van der Waals surface area (Å²) in [6, 6.07) is 7.84. The third-order valence-corrected chi connectivity index (χ3v) is 4.00. The van der Waals surface area contributed by atoms with E-state index in [-0.39, 0.29) is 0 Å². The molecule has 0 amide bonds. The molecular weight excluding hydrogens is 208 g/mol. The number of piperazine rings is 1. The average molecular weight is 232 g/mol. The number of benzene rings is 1. The number of aryl methyl sites for hydroxylation is 2. The van der Waals surface area contributed by atoms with Gasteiger partial charge < -0.3 is 5.32 Å². The second-order valence-electron chi connectivity index (χ2n) is 5.40. The van der Waals surface area contributed by atoms with Crippen LogP contribution in [0.1, 0.15) is 30.5 Å². The molecule has 1 aliphatic rings. The SMILES string of the molecule is Cc1cccc(C)c1CN1C(C)CNCC1C. The van der Waals surface area contributed by atoms with Crippen molar-refractivity contribution in [3.05, 3.63) is 34.9 Å². The first-order valence-electron chi connectivity index (χ1n) is 6.61. The molecule has 2 atom stereocenters. The molecule has 2 heteroatoms. The quantitative estimate of drug-likeness (QED) is 0.843. The van der Waals surface area contributed by atoms with Gasteiger partial charge in [-0.25, -0.2) is 0 Å². The van der Waals surface area contributed by atoms with Crippen molar-refractivity contribution in [3.8, 4) is 0 Å². The van der Waals surface area contributed by atoms with Crippen LogP contribution >= 0.6 is 0 Å². The lowest BCUT2D eigenvalue weighted by Crippen LogP contribution is -2.54. The molecule has 0 aliphatic carbocycles. The van der Waals surface area contributed by atoms with E-state index in [0.29, 0.717) is 12.1 Å². The number of nitrogens with zero attached hydrogens (tertiary/aromatic N) is 1. The number of rotatable bonds is 2. The fourth-order valence-corrected chi connectivity index (χ4v) is 2.76. The standard InChI is InChI=1S/C15H24N2/c1-11-6-5-7-12(2)15(11)10-17-13(3)8-16-9-14(17)4/h5-7,13-14,16H,8-10H2,1-4H3. The average Bonchev–Trinajstić information content (AvgIpc) is 2.27. The summed E-state index contributed by atoms with van der Waals surface area (Å²) >= 11 is 0. The van der Waals surface area contributed by atoms with Crippen LogP contribution < -0.4 is 5.32 Å². The maximum atomic E-state index is 3.49. The van der Waals surface area contributed by atoms with E-state index in [2.05, 4.69) is 56.1 Å². The van der Waals surface area contributed by atoms with E-state index in [4.69, 9.17) is 0 Å². The molecule has 2 unspecified atom stereocenters. The zero-order valence-electron chi connectivity index (χ0n) is 11.5. The van der Waals surface area contributed by atoms with Crippen LogP contribution in [-0.4, -0.2) is 30.1 Å². The van der Waals surface area contributed by atoms with Crippen molar-refractivity contribution in [3.63, 3.8) is 0 Å². The molecule has 1 fully saturated rings. The third kappa shape index (κ3) is 2.70. The molecule has 1 N–H and O–H groups in total. The van der Waals surface area contributed by atoms with Crippen molar-refractivity contribution in [2.45, 2.75) is 46.3 Å². The predicted octanol–water partition coefficient (Wildman–Crippen LogP) is 2.49. The smallest absolute Gasteiger partial charge is 0.0245 e. The highest BCUT2D eigenvalue weighted by Gasteiger charge is 2.24. The van der Waals surface area contributed by atoms with Gasteiger partial charge in [0.1, 0.15) is 0 Å². The van der Waals surface area contributed by atoms with Crippen molar-refractivity contribution < 1.29 is 0 Å². The van der Waals surface area contributed by atoms with E-state index < -0.39 is 0 Å². The normalized spacial score (nSPS) is 26.1. The lowest BCUT2D eigenvalue weighted by atomic mass is 10.00. The topological polar surface area (TPSA) is 15.3 Å². The Hall–Kier alpha value is -0.860. The van der Waals surface area contributed by atoms with Crippen molar-refractivity contribution in [2.24, 2.45) is 0 Å². The van der Waals surface area contributed by atoms with Crippen LogP contribution in [0.15, 0.2) is 18.2 Å². The van der Waals surface area contributed by atoms with Crippen molar-refractivity contribution >= 4 is 0 Å². The molecule has 1 heterocycles. The Balaban J connectivity index is 2.19. The summed E-state index contributed by atoms with van der Waals surface area (Å²) in [6.45, 7) is 12.4. The molecule has 0 saturated carbocycles. The van der Waals surface area contributed by atoms with Crippen LogP contribution in [-0.2, 0) is 6.54 Å². The lowest BCUT2D eigenvalue weighted by Gasteiger charge is -2.40. The Bertz CT molecular complexity index is 356. The van der Waals surface area contributed by atoms with Gasteiger partial charge >= 0.3 is 0 Å². The van der Waals surface area contributed by atoms with Crippen molar-refractivity contribution in [1.29, 1.82) is 0 Å². The van der Waals surface area contributed by atoms with Crippen molar-refractivity contribution in [1.82, 2.24) is 10.2 Å². The maximum absolute atomic E-state index is 3.49. The molecule has 0 spiro atoms. The first-order chi connectivity index (χ1) is 8.09. The molecule has 1 saturated heterocycles. The minimum Gasteiger partial charge on any atom is -0.314 e. The van der Waals surface area contributed by atoms with Crippen LogP contribution in [0, 0.1) is 13.8 Å². The second-order valence-corrected chi connectivity index (χ2v) is 5.40. The van der Waals surface area contributed by atoms with Crippen LogP contribution in [0.25, 0.3) is 0 Å². The van der Waals surface area contributed by atoms with Gasteiger partial charge in [-0.1, -0.05) is 18.2 Å². The van der Waals surface area contributed by atoms with Gasteiger partial charge in [0.05, 0.1) is 0 Å². The maximum Gasteiger partial charge on any atom is 0.0245 e. The van der Waals surface area contributed by atoms with E-state index in [1.165, 1.54) is 16.7 Å².